The molecular formula is C15H13ClF3N5O. The van der Waals surface area contributed by atoms with E-state index in [0.29, 0.717) is 16.6 Å². The van der Waals surface area contributed by atoms with E-state index >= 15 is 0 Å². The van der Waals surface area contributed by atoms with E-state index < -0.39 is 11.7 Å². The largest absolute Gasteiger partial charge is 0.416 e. The van der Waals surface area contributed by atoms with Crippen molar-refractivity contribution in [2.75, 3.05) is 12.3 Å². The van der Waals surface area contributed by atoms with Gasteiger partial charge in [0.15, 0.2) is 5.65 Å². The summed E-state index contributed by atoms with van der Waals surface area (Å²) in [7, 11) is 0. The van der Waals surface area contributed by atoms with Crippen LogP contribution in [0.25, 0.3) is 11.0 Å². The first-order valence-electron chi connectivity index (χ1n) is 7.24. The van der Waals surface area contributed by atoms with Gasteiger partial charge in [0.2, 0.25) is 5.28 Å². The van der Waals surface area contributed by atoms with E-state index in [1.165, 1.54) is 23.0 Å². The monoisotopic (exact) mass is 371 g/mol. The molecule has 0 aliphatic heterocycles. The minimum Gasteiger partial charge on any atom is -0.396 e. The van der Waals surface area contributed by atoms with Crippen LogP contribution in [0.5, 0.6) is 0 Å². The summed E-state index contributed by atoms with van der Waals surface area (Å²) in [5.41, 5.74) is 5.99. The Morgan fingerprint density at radius 2 is 2.00 bits per heavy atom. The van der Waals surface area contributed by atoms with Crippen LogP contribution in [0.4, 0.5) is 19.0 Å². The highest BCUT2D eigenvalue weighted by Gasteiger charge is 2.33. The van der Waals surface area contributed by atoms with Gasteiger partial charge < -0.3 is 10.8 Å². The summed E-state index contributed by atoms with van der Waals surface area (Å²) in [6.45, 7) is -0.205. The molecule has 0 aliphatic rings. The third kappa shape index (κ3) is 3.52. The van der Waals surface area contributed by atoms with Gasteiger partial charge in [-0.05, 0) is 35.2 Å². The van der Waals surface area contributed by atoms with Gasteiger partial charge in [0.25, 0.3) is 0 Å². The van der Waals surface area contributed by atoms with Crippen molar-refractivity contribution in [3.05, 3.63) is 46.4 Å². The lowest BCUT2D eigenvalue weighted by Gasteiger charge is -2.14. The van der Waals surface area contributed by atoms with Crippen molar-refractivity contribution in [3.63, 3.8) is 0 Å². The first-order valence-corrected chi connectivity index (χ1v) is 7.62. The maximum Gasteiger partial charge on any atom is 0.416 e. The number of aliphatic hydroxyl groups is 1. The Labute approximate surface area is 145 Å². The van der Waals surface area contributed by atoms with Crippen molar-refractivity contribution in [1.29, 1.82) is 0 Å². The molecule has 0 saturated heterocycles. The highest BCUT2D eigenvalue weighted by molar-refractivity contribution is 6.28. The fourth-order valence-electron chi connectivity index (χ4n) is 2.59. The van der Waals surface area contributed by atoms with Gasteiger partial charge >= 0.3 is 6.18 Å². The first-order chi connectivity index (χ1) is 11.8. The molecule has 0 fully saturated rings. The van der Waals surface area contributed by atoms with Crippen LogP contribution in [0.15, 0.2) is 24.4 Å². The van der Waals surface area contributed by atoms with E-state index in [-0.39, 0.29) is 36.2 Å². The molecule has 0 radical (unpaired) electrons. The van der Waals surface area contributed by atoms with Crippen LogP contribution >= 0.6 is 11.6 Å². The number of hydrogen-bond donors (Lipinski definition) is 2. The molecular weight excluding hydrogens is 359 g/mol. The summed E-state index contributed by atoms with van der Waals surface area (Å²) >= 11 is 5.80. The molecule has 10 heteroatoms. The SMILES string of the molecule is Nc1nc(Cl)nc2c1cnn2Cc1ccc(C(F)(F)F)c(CCO)c1. The lowest BCUT2D eigenvalue weighted by atomic mass is 10.0. The van der Waals surface area contributed by atoms with Gasteiger partial charge in [0.05, 0.1) is 23.7 Å². The van der Waals surface area contributed by atoms with E-state index in [1.807, 2.05) is 0 Å². The summed E-state index contributed by atoms with van der Waals surface area (Å²) in [5.74, 6) is 0.176. The number of anilines is 1. The van der Waals surface area contributed by atoms with Gasteiger partial charge in [0.1, 0.15) is 5.82 Å². The van der Waals surface area contributed by atoms with Crippen molar-refractivity contribution in [3.8, 4) is 0 Å². The fourth-order valence-corrected chi connectivity index (χ4v) is 2.76. The predicted molar refractivity (Wildman–Crippen MR) is 86.1 cm³/mol. The number of aliphatic hydroxyl groups excluding tert-OH is 1. The molecule has 1 aromatic carbocycles. The minimum absolute atomic E-state index is 0.0242. The molecule has 0 amide bonds. The molecule has 3 N–H and O–H groups in total. The Balaban J connectivity index is 2.00. The zero-order chi connectivity index (χ0) is 18.2. The van der Waals surface area contributed by atoms with Gasteiger partial charge in [-0.1, -0.05) is 12.1 Å². The van der Waals surface area contributed by atoms with Crippen molar-refractivity contribution < 1.29 is 18.3 Å². The van der Waals surface area contributed by atoms with Crippen LogP contribution in [-0.2, 0) is 19.1 Å². The molecule has 0 bridgehead atoms. The Morgan fingerprint density at radius 3 is 2.68 bits per heavy atom. The summed E-state index contributed by atoms with van der Waals surface area (Å²) in [4.78, 5) is 7.89. The summed E-state index contributed by atoms with van der Waals surface area (Å²) < 4.78 is 40.6. The number of nitrogens with two attached hydrogens (primary N) is 1. The molecule has 25 heavy (non-hydrogen) atoms. The van der Waals surface area contributed by atoms with Crippen molar-refractivity contribution in [2.24, 2.45) is 0 Å². The van der Waals surface area contributed by atoms with Crippen molar-refractivity contribution >= 4 is 28.5 Å². The maximum absolute atomic E-state index is 13.0. The second kappa shape index (κ2) is 6.49. The zero-order valence-electron chi connectivity index (χ0n) is 12.8. The summed E-state index contributed by atoms with van der Waals surface area (Å²) in [6, 6.07) is 3.77. The number of hydrogen-bond acceptors (Lipinski definition) is 5. The van der Waals surface area contributed by atoms with E-state index in [0.717, 1.165) is 6.07 Å². The molecule has 0 saturated carbocycles. The van der Waals surface area contributed by atoms with Crippen LogP contribution in [0.1, 0.15) is 16.7 Å². The molecule has 3 aromatic rings. The lowest BCUT2D eigenvalue weighted by molar-refractivity contribution is -0.138. The number of halogens is 4. The number of benzene rings is 1. The van der Waals surface area contributed by atoms with Gasteiger partial charge in [-0.25, -0.2) is 9.67 Å². The average Bonchev–Trinajstić information content (AvgIpc) is 2.90. The van der Waals surface area contributed by atoms with E-state index in [4.69, 9.17) is 22.4 Å². The Kier molecular flexibility index (Phi) is 4.53. The molecule has 0 spiro atoms. The Hall–Kier alpha value is -2.39. The van der Waals surface area contributed by atoms with Crippen molar-refractivity contribution in [2.45, 2.75) is 19.1 Å². The second-order valence-electron chi connectivity index (χ2n) is 5.38. The van der Waals surface area contributed by atoms with E-state index in [1.54, 1.807) is 0 Å². The normalized spacial score (nSPS) is 12.0. The van der Waals surface area contributed by atoms with Gasteiger partial charge in [0, 0.05) is 6.61 Å². The lowest BCUT2D eigenvalue weighted by Crippen LogP contribution is -2.12. The van der Waals surface area contributed by atoms with Crippen LogP contribution in [0.2, 0.25) is 5.28 Å². The van der Waals surface area contributed by atoms with Gasteiger partial charge in [-0.15, -0.1) is 0 Å². The molecule has 2 heterocycles. The molecule has 6 nitrogen and oxygen atoms in total. The molecule has 3 rings (SSSR count). The molecule has 132 valence electrons. The highest BCUT2D eigenvalue weighted by Crippen LogP contribution is 2.33. The van der Waals surface area contributed by atoms with Crippen LogP contribution in [0, 0.1) is 0 Å². The number of alkyl halides is 3. The fraction of sp³-hybridized carbons (Fsp3) is 0.267. The molecule has 0 aliphatic carbocycles. The van der Waals surface area contributed by atoms with Crippen molar-refractivity contribution in [1.82, 2.24) is 19.7 Å². The molecule has 0 atom stereocenters. The Morgan fingerprint density at radius 1 is 1.24 bits per heavy atom. The maximum atomic E-state index is 13.0. The third-order valence-corrected chi connectivity index (χ3v) is 3.86. The van der Waals surface area contributed by atoms with Crippen LogP contribution in [-0.4, -0.2) is 31.5 Å². The van der Waals surface area contributed by atoms with E-state index in [2.05, 4.69) is 15.1 Å². The first kappa shape index (κ1) is 17.4. The standard InChI is InChI=1S/C15H13ClF3N5O/c16-14-22-12(20)10-6-21-24(13(10)23-14)7-8-1-2-11(15(17,18)19)9(5-8)3-4-25/h1-2,5-6,25H,3-4,7H2,(H2,20,22,23). The number of rotatable bonds is 4. The topological polar surface area (TPSA) is 89.9 Å². The predicted octanol–water partition coefficient (Wildman–Crippen LogP) is 2.66. The second-order valence-corrected chi connectivity index (χ2v) is 5.72. The molecule has 0 unspecified atom stereocenters. The average molecular weight is 372 g/mol. The molecule has 2 aromatic heterocycles. The number of aromatic nitrogens is 4. The number of fused-ring (bicyclic) bond motifs is 1. The van der Waals surface area contributed by atoms with E-state index in [9.17, 15) is 13.2 Å². The third-order valence-electron chi connectivity index (χ3n) is 3.69. The number of nitrogen functional groups attached to an aromatic ring is 1. The summed E-state index contributed by atoms with van der Waals surface area (Å²) in [6.07, 6.45) is -3.10. The highest BCUT2D eigenvalue weighted by atomic mass is 35.5. The quantitative estimate of drug-likeness (QED) is 0.688. The Bertz CT molecular complexity index is 925. The van der Waals surface area contributed by atoms with Gasteiger partial charge in [-0.3, -0.25) is 0 Å². The van der Waals surface area contributed by atoms with Crippen LogP contribution in [0.3, 0.4) is 0 Å². The smallest absolute Gasteiger partial charge is 0.396 e. The minimum atomic E-state index is -4.48. The number of nitrogens with zero attached hydrogens (tertiary/aromatic N) is 4. The van der Waals surface area contributed by atoms with Crippen LogP contribution < -0.4 is 5.73 Å². The zero-order valence-corrected chi connectivity index (χ0v) is 13.5. The summed E-state index contributed by atoms with van der Waals surface area (Å²) in [5, 5.41) is 13.6. The van der Waals surface area contributed by atoms with Gasteiger partial charge in [-0.2, -0.15) is 23.3 Å².